The van der Waals surface area contributed by atoms with Gasteiger partial charge in [0.05, 0.1) is 0 Å². The molecule has 5 nitrogen and oxygen atoms in total. The van der Waals surface area contributed by atoms with Gasteiger partial charge in [-0.3, -0.25) is 0 Å². The molecule has 1 fully saturated rings. The van der Waals surface area contributed by atoms with E-state index in [4.69, 9.17) is 10.9 Å². The molecule has 1 aromatic rings. The van der Waals surface area contributed by atoms with E-state index in [2.05, 4.69) is 22.4 Å². The number of halogens is 1. The Labute approximate surface area is 111 Å². The molecule has 2 rings (SSSR count). The van der Waals surface area contributed by atoms with E-state index in [1.54, 1.807) is 6.07 Å². The van der Waals surface area contributed by atoms with E-state index < -0.39 is 5.82 Å². The Kier molecular flexibility index (Phi) is 4.34. The number of nitrogens with two attached hydrogens (primary N) is 1. The topological polar surface area (TPSA) is 73.9 Å². The van der Waals surface area contributed by atoms with Crippen molar-refractivity contribution in [1.82, 2.24) is 10.2 Å². The van der Waals surface area contributed by atoms with Gasteiger partial charge in [-0.1, -0.05) is 11.2 Å². The van der Waals surface area contributed by atoms with Crippen molar-refractivity contribution in [1.29, 1.82) is 0 Å². The number of likely N-dealkylation sites (tertiary alicyclic amines) is 1. The number of rotatable bonds is 4. The summed E-state index contributed by atoms with van der Waals surface area (Å²) in [5.41, 5.74) is 6.82. The van der Waals surface area contributed by atoms with Crippen molar-refractivity contribution in [3.63, 3.8) is 0 Å². The number of hydrogen-bond donors (Lipinski definition) is 3. The zero-order chi connectivity index (χ0) is 13.8. The van der Waals surface area contributed by atoms with E-state index in [9.17, 15) is 4.39 Å². The number of benzene rings is 1. The van der Waals surface area contributed by atoms with E-state index in [1.807, 2.05) is 0 Å². The predicted molar refractivity (Wildman–Crippen MR) is 71.7 cm³/mol. The summed E-state index contributed by atoms with van der Waals surface area (Å²) in [5, 5.41) is 15.1. The molecular weight excluding hydrogens is 247 g/mol. The second kappa shape index (κ2) is 5.99. The van der Waals surface area contributed by atoms with Crippen molar-refractivity contribution in [2.24, 2.45) is 10.9 Å². The van der Waals surface area contributed by atoms with E-state index in [-0.39, 0.29) is 5.84 Å². The Bertz CT molecular complexity index is 478. The lowest BCUT2D eigenvalue weighted by Crippen LogP contribution is -2.31. The largest absolute Gasteiger partial charge is 0.409 e. The summed E-state index contributed by atoms with van der Waals surface area (Å²) in [6, 6.07) is 4.75. The van der Waals surface area contributed by atoms with Gasteiger partial charge in [0.25, 0.3) is 0 Å². The van der Waals surface area contributed by atoms with Gasteiger partial charge in [-0.2, -0.15) is 0 Å². The fourth-order valence-electron chi connectivity index (χ4n) is 2.35. The molecule has 1 saturated heterocycles. The summed E-state index contributed by atoms with van der Waals surface area (Å²) in [6.07, 6.45) is 1.09. The minimum atomic E-state index is -0.397. The van der Waals surface area contributed by atoms with Crippen molar-refractivity contribution in [3.05, 3.63) is 35.1 Å². The second-order valence-electron chi connectivity index (χ2n) is 4.92. The lowest BCUT2D eigenvalue weighted by atomic mass is 10.1. The normalized spacial score (nSPS) is 20.9. The molecule has 0 radical (unpaired) electrons. The van der Waals surface area contributed by atoms with Crippen molar-refractivity contribution < 1.29 is 9.60 Å². The number of amidine groups is 1. The van der Waals surface area contributed by atoms with Crippen molar-refractivity contribution in [2.45, 2.75) is 19.0 Å². The van der Waals surface area contributed by atoms with Crippen LogP contribution >= 0.6 is 0 Å². The lowest BCUT2D eigenvalue weighted by Gasteiger charge is -2.14. The maximum Gasteiger partial charge on any atom is 0.170 e. The summed E-state index contributed by atoms with van der Waals surface area (Å²) in [4.78, 5) is 2.26. The van der Waals surface area contributed by atoms with Crippen molar-refractivity contribution >= 4 is 5.84 Å². The fraction of sp³-hybridized carbons (Fsp3) is 0.462. The minimum Gasteiger partial charge on any atom is -0.409 e. The summed E-state index contributed by atoms with van der Waals surface area (Å²) < 4.78 is 13.2. The standard InChI is InChI=1S/C13H19FN4O/c1-18-5-4-11(8-18)16-7-9-2-3-10(14)6-12(9)13(15)17-19/h2-3,6,11,16,19H,4-5,7-8H2,1H3,(H2,15,17). The third-order valence-corrected chi connectivity index (χ3v) is 3.43. The average Bonchev–Trinajstić information content (AvgIpc) is 2.82. The first-order valence-corrected chi connectivity index (χ1v) is 6.28. The molecule has 1 heterocycles. The number of hydrogen-bond acceptors (Lipinski definition) is 4. The van der Waals surface area contributed by atoms with Gasteiger partial charge in [0.15, 0.2) is 5.84 Å². The summed E-state index contributed by atoms with van der Waals surface area (Å²) in [6.45, 7) is 2.65. The van der Waals surface area contributed by atoms with Gasteiger partial charge < -0.3 is 21.2 Å². The number of nitrogens with one attached hydrogen (secondary N) is 1. The van der Waals surface area contributed by atoms with Gasteiger partial charge in [-0.15, -0.1) is 0 Å². The highest BCUT2D eigenvalue weighted by Gasteiger charge is 2.19. The summed E-state index contributed by atoms with van der Waals surface area (Å²) in [7, 11) is 2.08. The van der Waals surface area contributed by atoms with Gasteiger partial charge in [-0.05, 0) is 37.7 Å². The lowest BCUT2D eigenvalue weighted by molar-refractivity contribution is 0.318. The van der Waals surface area contributed by atoms with Crippen LogP contribution in [0.4, 0.5) is 4.39 Å². The average molecular weight is 266 g/mol. The van der Waals surface area contributed by atoms with Gasteiger partial charge in [0.2, 0.25) is 0 Å². The van der Waals surface area contributed by atoms with Gasteiger partial charge in [-0.25, -0.2) is 4.39 Å². The molecule has 0 amide bonds. The van der Waals surface area contributed by atoms with Crippen LogP contribution in [0.5, 0.6) is 0 Å². The molecule has 0 saturated carbocycles. The van der Waals surface area contributed by atoms with Crippen LogP contribution in [0, 0.1) is 5.82 Å². The summed E-state index contributed by atoms with van der Waals surface area (Å²) in [5.74, 6) is -0.467. The van der Waals surface area contributed by atoms with Crippen LogP contribution in [-0.2, 0) is 6.54 Å². The van der Waals surface area contributed by atoms with Crippen molar-refractivity contribution in [2.75, 3.05) is 20.1 Å². The van der Waals surface area contributed by atoms with Crippen LogP contribution in [0.3, 0.4) is 0 Å². The highest BCUT2D eigenvalue weighted by molar-refractivity contribution is 5.98. The Morgan fingerprint density at radius 3 is 3.05 bits per heavy atom. The van der Waals surface area contributed by atoms with Gasteiger partial charge >= 0.3 is 0 Å². The van der Waals surface area contributed by atoms with E-state index >= 15 is 0 Å². The molecule has 4 N–H and O–H groups in total. The van der Waals surface area contributed by atoms with E-state index in [0.717, 1.165) is 25.1 Å². The Hall–Kier alpha value is -1.66. The minimum absolute atomic E-state index is 0.0696. The van der Waals surface area contributed by atoms with Gasteiger partial charge in [0.1, 0.15) is 5.82 Å². The SMILES string of the molecule is CN1CCC(NCc2ccc(F)cc2C(N)=NO)C1. The van der Waals surface area contributed by atoms with Crippen molar-refractivity contribution in [3.8, 4) is 0 Å². The summed E-state index contributed by atoms with van der Waals surface area (Å²) >= 11 is 0. The third kappa shape index (κ3) is 3.42. The fourth-order valence-corrected chi connectivity index (χ4v) is 2.35. The molecule has 104 valence electrons. The highest BCUT2D eigenvalue weighted by Crippen LogP contribution is 2.13. The molecule has 1 aliphatic rings. The molecule has 19 heavy (non-hydrogen) atoms. The molecule has 1 unspecified atom stereocenters. The second-order valence-corrected chi connectivity index (χ2v) is 4.92. The Balaban J connectivity index is 2.07. The zero-order valence-electron chi connectivity index (χ0n) is 10.9. The highest BCUT2D eigenvalue weighted by atomic mass is 19.1. The van der Waals surface area contributed by atoms with E-state index in [0.29, 0.717) is 18.2 Å². The number of likely N-dealkylation sites (N-methyl/N-ethyl adjacent to an activating group) is 1. The maximum absolute atomic E-state index is 13.2. The quantitative estimate of drug-likeness (QED) is 0.325. The smallest absolute Gasteiger partial charge is 0.170 e. The Morgan fingerprint density at radius 2 is 2.42 bits per heavy atom. The van der Waals surface area contributed by atoms with Crippen LogP contribution < -0.4 is 11.1 Å². The monoisotopic (exact) mass is 266 g/mol. The Morgan fingerprint density at radius 1 is 1.63 bits per heavy atom. The van der Waals surface area contributed by atoms with Crippen LogP contribution in [-0.4, -0.2) is 42.1 Å². The number of oxime groups is 1. The predicted octanol–water partition coefficient (Wildman–Crippen LogP) is 0.714. The maximum atomic E-state index is 13.2. The molecule has 1 atom stereocenters. The van der Waals surface area contributed by atoms with Crippen LogP contribution in [0.15, 0.2) is 23.4 Å². The molecule has 0 spiro atoms. The third-order valence-electron chi connectivity index (χ3n) is 3.43. The molecule has 6 heteroatoms. The zero-order valence-corrected chi connectivity index (χ0v) is 10.9. The van der Waals surface area contributed by atoms with E-state index in [1.165, 1.54) is 12.1 Å². The molecule has 0 aromatic heterocycles. The first-order chi connectivity index (χ1) is 9.10. The molecule has 0 aliphatic carbocycles. The first-order valence-electron chi connectivity index (χ1n) is 6.28. The molecule has 1 aliphatic heterocycles. The van der Waals surface area contributed by atoms with Crippen LogP contribution in [0.2, 0.25) is 0 Å². The molecular formula is C13H19FN4O. The first kappa shape index (κ1) is 13.8. The molecule has 1 aromatic carbocycles. The van der Waals surface area contributed by atoms with Gasteiger partial charge in [0, 0.05) is 24.7 Å². The van der Waals surface area contributed by atoms with Crippen LogP contribution in [0.1, 0.15) is 17.5 Å². The molecule has 0 bridgehead atoms. The number of nitrogens with zero attached hydrogens (tertiary/aromatic N) is 2. The van der Waals surface area contributed by atoms with Crippen LogP contribution in [0.25, 0.3) is 0 Å².